The van der Waals surface area contributed by atoms with Gasteiger partial charge in [0.25, 0.3) is 0 Å². The average molecular weight is 218 g/mol. The van der Waals surface area contributed by atoms with E-state index in [2.05, 4.69) is 32.2 Å². The highest BCUT2D eigenvalue weighted by molar-refractivity contribution is 7.16. The minimum atomic E-state index is 0.417. The van der Waals surface area contributed by atoms with E-state index in [1.54, 1.807) is 11.3 Å². The van der Waals surface area contributed by atoms with Crippen LogP contribution in [0, 0.1) is 5.92 Å². The van der Waals surface area contributed by atoms with Crippen LogP contribution in [-0.4, -0.2) is 6.54 Å². The topological polar surface area (TPSA) is 12.0 Å². The average Bonchev–Trinajstić information content (AvgIpc) is 2.47. The maximum Gasteiger partial charge on any atom is 0.0931 e. The molecule has 0 aliphatic rings. The van der Waals surface area contributed by atoms with Crippen LogP contribution < -0.4 is 5.32 Å². The largest absolute Gasteiger partial charge is 0.309 e. The Hall–Kier alpha value is -0.0500. The van der Waals surface area contributed by atoms with Crippen LogP contribution in [0.5, 0.6) is 0 Å². The summed E-state index contributed by atoms with van der Waals surface area (Å²) < 4.78 is 0.869. The van der Waals surface area contributed by atoms with Crippen molar-refractivity contribution < 1.29 is 0 Å². The molecule has 13 heavy (non-hydrogen) atoms. The molecule has 1 unspecified atom stereocenters. The highest BCUT2D eigenvalue weighted by atomic mass is 35.5. The van der Waals surface area contributed by atoms with Crippen LogP contribution in [0.4, 0.5) is 0 Å². The third-order valence-electron chi connectivity index (χ3n) is 1.85. The molecule has 1 rings (SSSR count). The van der Waals surface area contributed by atoms with E-state index in [-0.39, 0.29) is 0 Å². The van der Waals surface area contributed by atoms with Crippen LogP contribution in [-0.2, 0) is 0 Å². The van der Waals surface area contributed by atoms with Crippen LogP contribution in [0.15, 0.2) is 12.1 Å². The molecular weight excluding hydrogens is 202 g/mol. The van der Waals surface area contributed by atoms with E-state index in [1.165, 1.54) is 4.88 Å². The van der Waals surface area contributed by atoms with Crippen molar-refractivity contribution in [3.05, 3.63) is 21.3 Å². The maximum absolute atomic E-state index is 5.86. The number of hydrogen-bond acceptors (Lipinski definition) is 2. The van der Waals surface area contributed by atoms with E-state index < -0.39 is 0 Å². The van der Waals surface area contributed by atoms with Gasteiger partial charge in [-0.05, 0) is 31.5 Å². The first-order chi connectivity index (χ1) is 6.09. The van der Waals surface area contributed by atoms with Crippen molar-refractivity contribution in [1.82, 2.24) is 5.32 Å². The number of nitrogens with one attached hydrogen (secondary N) is 1. The Bertz CT molecular complexity index is 257. The summed E-state index contributed by atoms with van der Waals surface area (Å²) in [5, 5.41) is 3.46. The lowest BCUT2D eigenvalue weighted by molar-refractivity contribution is 0.500. The summed E-state index contributed by atoms with van der Waals surface area (Å²) in [6, 6.07) is 4.46. The monoisotopic (exact) mass is 217 g/mol. The third kappa shape index (κ3) is 3.67. The zero-order chi connectivity index (χ0) is 9.84. The van der Waals surface area contributed by atoms with E-state index >= 15 is 0 Å². The minimum Gasteiger partial charge on any atom is -0.309 e. The van der Waals surface area contributed by atoms with Crippen LogP contribution in [0.3, 0.4) is 0 Å². The molecule has 1 N–H and O–H groups in total. The summed E-state index contributed by atoms with van der Waals surface area (Å²) >= 11 is 7.51. The number of hydrogen-bond donors (Lipinski definition) is 1. The molecule has 0 amide bonds. The normalized spacial score (nSPS) is 13.6. The minimum absolute atomic E-state index is 0.417. The highest BCUT2D eigenvalue weighted by Crippen LogP contribution is 2.26. The molecule has 0 aromatic carbocycles. The second-order valence-corrected chi connectivity index (χ2v) is 5.41. The molecule has 1 atom stereocenters. The van der Waals surface area contributed by atoms with Gasteiger partial charge >= 0.3 is 0 Å². The van der Waals surface area contributed by atoms with Crippen LogP contribution in [0.25, 0.3) is 0 Å². The molecule has 1 heterocycles. The smallest absolute Gasteiger partial charge is 0.0931 e. The Morgan fingerprint density at radius 1 is 1.38 bits per heavy atom. The lowest BCUT2D eigenvalue weighted by Crippen LogP contribution is -2.22. The lowest BCUT2D eigenvalue weighted by Gasteiger charge is -2.13. The van der Waals surface area contributed by atoms with Crippen molar-refractivity contribution in [2.75, 3.05) is 6.54 Å². The van der Waals surface area contributed by atoms with Gasteiger partial charge in [0.1, 0.15) is 0 Å². The molecule has 0 aliphatic heterocycles. The second kappa shape index (κ2) is 4.99. The molecule has 1 nitrogen and oxygen atoms in total. The van der Waals surface area contributed by atoms with Crippen molar-refractivity contribution in [2.45, 2.75) is 26.8 Å². The molecule has 0 fully saturated rings. The van der Waals surface area contributed by atoms with Crippen molar-refractivity contribution >= 4 is 22.9 Å². The Morgan fingerprint density at radius 2 is 2.08 bits per heavy atom. The van der Waals surface area contributed by atoms with Crippen LogP contribution in [0.2, 0.25) is 4.34 Å². The van der Waals surface area contributed by atoms with Crippen LogP contribution in [0.1, 0.15) is 31.7 Å². The summed E-state index contributed by atoms with van der Waals surface area (Å²) in [6.45, 7) is 7.64. The maximum atomic E-state index is 5.86. The lowest BCUT2D eigenvalue weighted by atomic mass is 10.2. The first-order valence-corrected chi connectivity index (χ1v) is 5.77. The third-order valence-corrected chi connectivity index (χ3v) is 3.27. The second-order valence-electron chi connectivity index (χ2n) is 3.67. The van der Waals surface area contributed by atoms with Gasteiger partial charge in [0.2, 0.25) is 0 Å². The fourth-order valence-corrected chi connectivity index (χ4v) is 2.16. The predicted molar refractivity (Wildman–Crippen MR) is 60.6 cm³/mol. The highest BCUT2D eigenvalue weighted by Gasteiger charge is 2.07. The van der Waals surface area contributed by atoms with Crippen molar-refractivity contribution in [3.63, 3.8) is 0 Å². The molecule has 3 heteroatoms. The summed E-state index contributed by atoms with van der Waals surface area (Å²) in [6.07, 6.45) is 0. The van der Waals surface area contributed by atoms with Gasteiger partial charge in [-0.1, -0.05) is 25.4 Å². The van der Waals surface area contributed by atoms with Gasteiger partial charge in [0.05, 0.1) is 4.34 Å². The zero-order valence-corrected chi connectivity index (χ0v) is 9.88. The molecule has 0 bridgehead atoms. The van der Waals surface area contributed by atoms with E-state index in [0.717, 1.165) is 10.9 Å². The van der Waals surface area contributed by atoms with Gasteiger partial charge in [-0.25, -0.2) is 0 Å². The Balaban J connectivity index is 2.44. The quantitative estimate of drug-likeness (QED) is 0.811. The number of rotatable bonds is 4. The summed E-state index contributed by atoms with van der Waals surface area (Å²) in [5.41, 5.74) is 0. The predicted octanol–water partition coefficient (Wildman–Crippen LogP) is 3.71. The first kappa shape index (κ1) is 11.0. The van der Waals surface area contributed by atoms with E-state index in [1.807, 2.05) is 6.07 Å². The summed E-state index contributed by atoms with van der Waals surface area (Å²) in [5.74, 6) is 0.692. The molecule has 0 radical (unpaired) electrons. The molecule has 0 saturated carbocycles. The van der Waals surface area contributed by atoms with Gasteiger partial charge in [0.15, 0.2) is 0 Å². The fourth-order valence-electron chi connectivity index (χ4n) is 1.07. The van der Waals surface area contributed by atoms with E-state index in [9.17, 15) is 0 Å². The van der Waals surface area contributed by atoms with Gasteiger partial charge in [-0.3, -0.25) is 0 Å². The van der Waals surface area contributed by atoms with Gasteiger partial charge in [-0.2, -0.15) is 0 Å². The molecular formula is C10H16ClNS. The summed E-state index contributed by atoms with van der Waals surface area (Å²) in [4.78, 5) is 1.31. The summed E-state index contributed by atoms with van der Waals surface area (Å²) in [7, 11) is 0. The molecule has 0 spiro atoms. The zero-order valence-electron chi connectivity index (χ0n) is 8.30. The van der Waals surface area contributed by atoms with Gasteiger partial charge < -0.3 is 5.32 Å². The van der Waals surface area contributed by atoms with Gasteiger partial charge in [0, 0.05) is 10.9 Å². The van der Waals surface area contributed by atoms with Gasteiger partial charge in [-0.15, -0.1) is 11.3 Å². The SMILES string of the molecule is CC(C)CNC(C)c1ccc(Cl)s1. The molecule has 74 valence electrons. The standard InChI is InChI=1S/C10H16ClNS/c1-7(2)6-12-8(3)9-4-5-10(11)13-9/h4-5,7-8,12H,6H2,1-3H3. The van der Waals surface area contributed by atoms with Crippen molar-refractivity contribution in [2.24, 2.45) is 5.92 Å². The number of thiophene rings is 1. The first-order valence-electron chi connectivity index (χ1n) is 4.58. The van der Waals surface area contributed by atoms with Crippen molar-refractivity contribution in [3.8, 4) is 0 Å². The molecule has 0 saturated heterocycles. The molecule has 1 aromatic rings. The van der Waals surface area contributed by atoms with Crippen molar-refractivity contribution in [1.29, 1.82) is 0 Å². The Kier molecular flexibility index (Phi) is 4.23. The Labute approximate surface area is 89.1 Å². The fraction of sp³-hybridized carbons (Fsp3) is 0.600. The molecule has 0 aliphatic carbocycles. The van der Waals surface area contributed by atoms with E-state index in [0.29, 0.717) is 12.0 Å². The van der Waals surface area contributed by atoms with Crippen LogP contribution >= 0.6 is 22.9 Å². The molecule has 1 aromatic heterocycles. The Morgan fingerprint density at radius 3 is 2.54 bits per heavy atom. The van der Waals surface area contributed by atoms with E-state index in [4.69, 9.17) is 11.6 Å². The number of halogens is 1.